The maximum Gasteiger partial charge on any atom is 0.126 e. The smallest absolute Gasteiger partial charge is 0.126 e. The molecule has 0 radical (unpaired) electrons. The molecule has 0 aliphatic rings. The second kappa shape index (κ2) is 5.74. The Hall–Kier alpha value is -1.70. The predicted octanol–water partition coefficient (Wildman–Crippen LogP) is 4.26. The number of halogens is 3. The maximum absolute atomic E-state index is 13.1. The van der Waals surface area contributed by atoms with Gasteiger partial charge in [-0.25, -0.2) is 4.39 Å². The van der Waals surface area contributed by atoms with Crippen molar-refractivity contribution < 1.29 is 4.39 Å². The van der Waals surface area contributed by atoms with Crippen LogP contribution >= 0.6 is 23.2 Å². The van der Waals surface area contributed by atoms with Gasteiger partial charge in [0.05, 0.1) is 15.7 Å². The summed E-state index contributed by atoms with van der Waals surface area (Å²) in [7, 11) is 1.83. The minimum atomic E-state index is -0.479. The molecule has 0 saturated carbocycles. The van der Waals surface area contributed by atoms with E-state index in [4.69, 9.17) is 28.5 Å². The van der Waals surface area contributed by atoms with Crippen LogP contribution in [0.15, 0.2) is 18.2 Å². The molecule has 0 fully saturated rings. The summed E-state index contributed by atoms with van der Waals surface area (Å²) in [4.78, 5) is 0. The highest BCUT2D eigenvalue weighted by atomic mass is 35.5. The summed E-state index contributed by atoms with van der Waals surface area (Å²) in [5.41, 5.74) is 3.00. The molecule has 0 bridgehead atoms. The van der Waals surface area contributed by atoms with E-state index in [1.54, 1.807) is 6.07 Å². The summed E-state index contributed by atoms with van der Waals surface area (Å²) in [6.07, 6.45) is 0. The van der Waals surface area contributed by atoms with E-state index in [1.807, 2.05) is 18.5 Å². The number of nitrogens with zero attached hydrogens (tertiary/aromatic N) is 2. The van der Waals surface area contributed by atoms with Crippen molar-refractivity contribution in [3.8, 4) is 6.07 Å². The number of nitriles is 1. The molecule has 0 saturated heterocycles. The molecule has 1 heterocycles. The molecule has 3 nitrogen and oxygen atoms in total. The van der Waals surface area contributed by atoms with Gasteiger partial charge in [0.25, 0.3) is 0 Å². The molecule has 20 heavy (non-hydrogen) atoms. The van der Waals surface area contributed by atoms with Crippen LogP contribution in [0.2, 0.25) is 10.0 Å². The molecule has 0 aliphatic carbocycles. The van der Waals surface area contributed by atoms with Crippen molar-refractivity contribution in [1.82, 2.24) is 4.57 Å². The Kier molecular flexibility index (Phi) is 4.22. The number of aromatic nitrogens is 1. The molecule has 0 unspecified atom stereocenters. The van der Waals surface area contributed by atoms with Crippen LogP contribution in [0.4, 0.5) is 10.1 Å². The lowest BCUT2D eigenvalue weighted by Gasteiger charge is -2.10. The standard InChI is InChI=1S/C14H12Cl2FN3/c1-8-9(3-11(6-18)20(8)2)7-19-14-12(15)4-10(17)5-13(14)16/h3-5,19H,7H2,1-2H3. The lowest BCUT2D eigenvalue weighted by molar-refractivity contribution is 0.628. The Morgan fingerprint density at radius 3 is 2.40 bits per heavy atom. The van der Waals surface area contributed by atoms with Crippen molar-refractivity contribution in [1.29, 1.82) is 5.26 Å². The van der Waals surface area contributed by atoms with Gasteiger partial charge in [-0.3, -0.25) is 0 Å². The lowest BCUT2D eigenvalue weighted by Crippen LogP contribution is -2.02. The third-order valence-electron chi connectivity index (χ3n) is 3.22. The molecule has 6 heteroatoms. The summed E-state index contributed by atoms with van der Waals surface area (Å²) >= 11 is 11.9. The van der Waals surface area contributed by atoms with Gasteiger partial charge in [-0.1, -0.05) is 23.2 Å². The van der Waals surface area contributed by atoms with Crippen LogP contribution in [0.1, 0.15) is 17.0 Å². The van der Waals surface area contributed by atoms with E-state index in [1.165, 1.54) is 12.1 Å². The molecule has 1 N–H and O–H groups in total. The van der Waals surface area contributed by atoms with Crippen LogP contribution in [-0.4, -0.2) is 4.57 Å². The highest BCUT2D eigenvalue weighted by molar-refractivity contribution is 6.39. The fourth-order valence-electron chi connectivity index (χ4n) is 1.94. The van der Waals surface area contributed by atoms with Gasteiger partial charge >= 0.3 is 0 Å². The Balaban J connectivity index is 2.24. The van der Waals surface area contributed by atoms with Crippen molar-refractivity contribution in [2.75, 3.05) is 5.32 Å². The van der Waals surface area contributed by atoms with Crippen LogP contribution in [-0.2, 0) is 13.6 Å². The van der Waals surface area contributed by atoms with Crippen LogP contribution in [0.25, 0.3) is 0 Å². The third-order valence-corrected chi connectivity index (χ3v) is 3.81. The SMILES string of the molecule is Cc1c(CNc2c(Cl)cc(F)cc2Cl)cc(C#N)n1C. The first-order chi connectivity index (χ1) is 9.43. The number of hydrogen-bond donors (Lipinski definition) is 1. The van der Waals surface area contributed by atoms with Gasteiger partial charge in [0.2, 0.25) is 0 Å². The van der Waals surface area contributed by atoms with E-state index in [0.29, 0.717) is 17.9 Å². The number of benzene rings is 1. The van der Waals surface area contributed by atoms with Gasteiger partial charge in [0, 0.05) is 19.3 Å². The first kappa shape index (κ1) is 14.7. The first-order valence-corrected chi connectivity index (χ1v) is 6.63. The molecular formula is C14H12Cl2FN3. The number of rotatable bonds is 3. The topological polar surface area (TPSA) is 40.8 Å². The highest BCUT2D eigenvalue weighted by Crippen LogP contribution is 2.32. The lowest BCUT2D eigenvalue weighted by atomic mass is 10.2. The first-order valence-electron chi connectivity index (χ1n) is 5.87. The fourth-order valence-corrected chi connectivity index (χ4v) is 2.54. The Bertz CT molecular complexity index is 678. The summed E-state index contributed by atoms with van der Waals surface area (Å²) in [5, 5.41) is 12.5. The van der Waals surface area contributed by atoms with Crippen LogP contribution < -0.4 is 5.32 Å². The van der Waals surface area contributed by atoms with Gasteiger partial charge in [0.1, 0.15) is 17.6 Å². The van der Waals surface area contributed by atoms with Gasteiger partial charge in [-0.05, 0) is 30.7 Å². The van der Waals surface area contributed by atoms with Crippen LogP contribution in [0, 0.1) is 24.1 Å². The van der Waals surface area contributed by atoms with E-state index in [9.17, 15) is 4.39 Å². The van der Waals surface area contributed by atoms with Gasteiger partial charge < -0.3 is 9.88 Å². The van der Waals surface area contributed by atoms with Crippen LogP contribution in [0.3, 0.4) is 0 Å². The van der Waals surface area contributed by atoms with E-state index in [2.05, 4.69) is 11.4 Å². The zero-order valence-electron chi connectivity index (χ0n) is 11.0. The normalized spacial score (nSPS) is 10.4. The van der Waals surface area contributed by atoms with E-state index in [0.717, 1.165) is 11.3 Å². The summed E-state index contributed by atoms with van der Waals surface area (Å²) in [5.74, 6) is -0.479. The fraction of sp³-hybridized carbons (Fsp3) is 0.214. The Labute approximate surface area is 126 Å². The second-order valence-electron chi connectivity index (χ2n) is 4.41. The molecule has 2 rings (SSSR count). The maximum atomic E-state index is 13.1. The van der Waals surface area contributed by atoms with Crippen molar-refractivity contribution in [2.24, 2.45) is 7.05 Å². The third kappa shape index (κ3) is 2.74. The van der Waals surface area contributed by atoms with Crippen LogP contribution in [0.5, 0.6) is 0 Å². The average molecular weight is 312 g/mol. The molecule has 0 atom stereocenters. The van der Waals surface area contributed by atoms with Crippen molar-refractivity contribution in [3.63, 3.8) is 0 Å². The molecule has 104 valence electrons. The summed E-state index contributed by atoms with van der Waals surface area (Å²) in [6.45, 7) is 2.37. The van der Waals surface area contributed by atoms with E-state index >= 15 is 0 Å². The minimum absolute atomic E-state index is 0.226. The monoisotopic (exact) mass is 311 g/mol. The average Bonchev–Trinajstić information content (AvgIpc) is 2.65. The number of anilines is 1. The summed E-state index contributed by atoms with van der Waals surface area (Å²) in [6, 6.07) is 6.32. The van der Waals surface area contributed by atoms with Crippen molar-refractivity contribution in [2.45, 2.75) is 13.5 Å². The minimum Gasteiger partial charge on any atom is -0.378 e. The summed E-state index contributed by atoms with van der Waals surface area (Å²) < 4.78 is 14.9. The Morgan fingerprint density at radius 2 is 1.90 bits per heavy atom. The second-order valence-corrected chi connectivity index (χ2v) is 5.22. The molecule has 1 aromatic carbocycles. The molecule has 2 aromatic rings. The van der Waals surface area contributed by atoms with Gasteiger partial charge in [-0.15, -0.1) is 0 Å². The largest absolute Gasteiger partial charge is 0.378 e. The zero-order chi connectivity index (χ0) is 14.9. The predicted molar refractivity (Wildman–Crippen MR) is 78.6 cm³/mol. The van der Waals surface area contributed by atoms with Crippen molar-refractivity contribution in [3.05, 3.63) is 51.0 Å². The zero-order valence-corrected chi connectivity index (χ0v) is 12.5. The van der Waals surface area contributed by atoms with E-state index in [-0.39, 0.29) is 10.0 Å². The molecule has 0 spiro atoms. The quantitative estimate of drug-likeness (QED) is 0.920. The molecular weight excluding hydrogens is 300 g/mol. The van der Waals surface area contributed by atoms with Gasteiger partial charge in [-0.2, -0.15) is 5.26 Å². The molecule has 0 aliphatic heterocycles. The highest BCUT2D eigenvalue weighted by Gasteiger charge is 2.11. The Morgan fingerprint density at radius 1 is 1.30 bits per heavy atom. The number of nitrogens with one attached hydrogen (secondary N) is 1. The van der Waals surface area contributed by atoms with E-state index < -0.39 is 5.82 Å². The molecule has 1 aromatic heterocycles. The molecule has 0 amide bonds. The van der Waals surface area contributed by atoms with Gasteiger partial charge in [0.15, 0.2) is 0 Å². The van der Waals surface area contributed by atoms with Crippen molar-refractivity contribution >= 4 is 28.9 Å². The number of hydrogen-bond acceptors (Lipinski definition) is 2.